The lowest BCUT2D eigenvalue weighted by Gasteiger charge is -2.12. The zero-order chi connectivity index (χ0) is 22.1. The fraction of sp³-hybridized carbons (Fsp3) is 0.304. The molecule has 0 aliphatic heterocycles. The molecule has 1 heterocycles. The van der Waals surface area contributed by atoms with Gasteiger partial charge in [0, 0.05) is 32.0 Å². The normalized spacial score (nSPS) is 12.1. The van der Waals surface area contributed by atoms with Gasteiger partial charge in [-0.15, -0.1) is 0 Å². The standard InChI is InChI=1S/C23H26F3N5/c1-2-28-22(29-11-10-18-6-8-21(9-7-18)23(24,25)26)30-15-19-4-3-5-20(14-19)16-31-13-12-27-17-31/h3-9,12-14,17H,2,10-11,15-16H2,1H3,(H2,28,29,30). The predicted octanol–water partition coefficient (Wildman–Crippen LogP) is 4.25. The van der Waals surface area contributed by atoms with Gasteiger partial charge in [0.25, 0.3) is 0 Å². The summed E-state index contributed by atoms with van der Waals surface area (Å²) in [4.78, 5) is 8.69. The zero-order valence-corrected chi connectivity index (χ0v) is 17.4. The summed E-state index contributed by atoms with van der Waals surface area (Å²) in [6, 6.07) is 13.5. The van der Waals surface area contributed by atoms with E-state index in [1.807, 2.05) is 29.8 Å². The van der Waals surface area contributed by atoms with Gasteiger partial charge >= 0.3 is 6.18 Å². The van der Waals surface area contributed by atoms with Crippen LogP contribution in [0.25, 0.3) is 0 Å². The molecule has 0 atom stereocenters. The van der Waals surface area contributed by atoms with Crippen LogP contribution in [0.2, 0.25) is 0 Å². The Hall–Kier alpha value is -3.29. The maximum absolute atomic E-state index is 12.7. The Kier molecular flexibility index (Phi) is 7.70. The maximum atomic E-state index is 12.7. The minimum atomic E-state index is -4.31. The van der Waals surface area contributed by atoms with Crippen LogP contribution in [0.5, 0.6) is 0 Å². The summed E-state index contributed by atoms with van der Waals surface area (Å²) in [6.07, 6.45) is 1.76. The number of hydrogen-bond donors (Lipinski definition) is 2. The molecule has 0 saturated heterocycles. The molecule has 2 aromatic carbocycles. The Balaban J connectivity index is 1.54. The number of hydrogen-bond acceptors (Lipinski definition) is 2. The predicted molar refractivity (Wildman–Crippen MR) is 116 cm³/mol. The van der Waals surface area contributed by atoms with E-state index >= 15 is 0 Å². The number of aromatic nitrogens is 2. The van der Waals surface area contributed by atoms with Crippen molar-refractivity contribution in [1.82, 2.24) is 20.2 Å². The third-order valence-electron chi connectivity index (χ3n) is 4.67. The summed E-state index contributed by atoms with van der Waals surface area (Å²) in [7, 11) is 0. The molecule has 0 unspecified atom stereocenters. The van der Waals surface area contributed by atoms with Gasteiger partial charge < -0.3 is 15.2 Å². The minimum Gasteiger partial charge on any atom is -0.357 e. The van der Waals surface area contributed by atoms with E-state index in [0.29, 0.717) is 32.0 Å². The van der Waals surface area contributed by atoms with Crippen molar-refractivity contribution in [3.05, 3.63) is 89.5 Å². The van der Waals surface area contributed by atoms with E-state index < -0.39 is 11.7 Å². The molecule has 0 fully saturated rings. The zero-order valence-electron chi connectivity index (χ0n) is 17.4. The van der Waals surface area contributed by atoms with Crippen LogP contribution in [0.4, 0.5) is 13.2 Å². The summed E-state index contributed by atoms with van der Waals surface area (Å²) < 4.78 is 40.0. The van der Waals surface area contributed by atoms with E-state index in [2.05, 4.69) is 32.7 Å². The van der Waals surface area contributed by atoms with Crippen LogP contribution in [0.3, 0.4) is 0 Å². The van der Waals surface area contributed by atoms with E-state index in [1.54, 1.807) is 12.5 Å². The number of benzene rings is 2. The SMILES string of the molecule is CCNC(=NCc1cccc(Cn2ccnc2)c1)NCCc1ccc(C(F)(F)F)cc1. The van der Waals surface area contributed by atoms with Gasteiger partial charge in [-0.3, -0.25) is 0 Å². The summed E-state index contributed by atoms with van der Waals surface area (Å²) in [5.41, 5.74) is 2.47. The van der Waals surface area contributed by atoms with Gasteiger partial charge in [0.15, 0.2) is 5.96 Å². The number of nitrogens with one attached hydrogen (secondary N) is 2. The van der Waals surface area contributed by atoms with Crippen molar-refractivity contribution in [2.45, 2.75) is 32.6 Å². The van der Waals surface area contributed by atoms with Crippen LogP contribution in [0, 0.1) is 0 Å². The van der Waals surface area contributed by atoms with Gasteiger partial charge in [-0.05, 0) is 42.2 Å². The third-order valence-corrected chi connectivity index (χ3v) is 4.67. The first-order valence-electron chi connectivity index (χ1n) is 10.2. The van der Waals surface area contributed by atoms with E-state index in [9.17, 15) is 13.2 Å². The van der Waals surface area contributed by atoms with Crippen molar-refractivity contribution < 1.29 is 13.2 Å². The van der Waals surface area contributed by atoms with Crippen LogP contribution in [0.1, 0.15) is 29.2 Å². The lowest BCUT2D eigenvalue weighted by atomic mass is 10.1. The van der Waals surface area contributed by atoms with E-state index in [4.69, 9.17) is 0 Å². The average molecular weight is 429 g/mol. The number of halogens is 3. The van der Waals surface area contributed by atoms with Gasteiger partial charge in [-0.2, -0.15) is 13.2 Å². The molecule has 31 heavy (non-hydrogen) atoms. The maximum Gasteiger partial charge on any atom is 0.416 e. The highest BCUT2D eigenvalue weighted by molar-refractivity contribution is 5.79. The highest BCUT2D eigenvalue weighted by Crippen LogP contribution is 2.29. The Morgan fingerprint density at radius 3 is 2.48 bits per heavy atom. The molecule has 0 amide bonds. The lowest BCUT2D eigenvalue weighted by molar-refractivity contribution is -0.137. The first-order valence-corrected chi connectivity index (χ1v) is 10.2. The molecule has 0 radical (unpaired) electrons. The Bertz CT molecular complexity index is 964. The first kappa shape index (κ1) is 22.4. The van der Waals surface area contributed by atoms with E-state index in [1.165, 1.54) is 17.7 Å². The Morgan fingerprint density at radius 2 is 1.81 bits per heavy atom. The molecule has 0 aliphatic carbocycles. The van der Waals surface area contributed by atoms with Gasteiger partial charge in [-0.25, -0.2) is 9.98 Å². The third kappa shape index (κ3) is 7.16. The fourth-order valence-electron chi connectivity index (χ4n) is 3.12. The number of rotatable bonds is 8. The molecule has 5 nitrogen and oxygen atoms in total. The Morgan fingerprint density at radius 1 is 1.03 bits per heavy atom. The highest BCUT2D eigenvalue weighted by atomic mass is 19.4. The van der Waals surface area contributed by atoms with Crippen LogP contribution >= 0.6 is 0 Å². The van der Waals surface area contributed by atoms with E-state index in [-0.39, 0.29) is 0 Å². The Labute approximate surface area is 180 Å². The molecular formula is C23H26F3N5. The number of guanidine groups is 1. The summed E-state index contributed by atoms with van der Waals surface area (Å²) in [6.45, 7) is 4.54. The van der Waals surface area contributed by atoms with Crippen molar-refractivity contribution in [3.63, 3.8) is 0 Å². The van der Waals surface area contributed by atoms with Gasteiger partial charge in [0.2, 0.25) is 0 Å². The van der Waals surface area contributed by atoms with Crippen molar-refractivity contribution in [3.8, 4) is 0 Å². The largest absolute Gasteiger partial charge is 0.416 e. The molecule has 8 heteroatoms. The molecule has 3 rings (SSSR count). The molecule has 0 bridgehead atoms. The smallest absolute Gasteiger partial charge is 0.357 e. The summed E-state index contributed by atoms with van der Waals surface area (Å²) >= 11 is 0. The second-order valence-electron chi connectivity index (χ2n) is 7.12. The quantitative estimate of drug-likeness (QED) is 0.416. The molecule has 0 aliphatic rings. The molecule has 0 saturated carbocycles. The van der Waals surface area contributed by atoms with Gasteiger partial charge in [0.05, 0.1) is 18.4 Å². The second-order valence-corrected chi connectivity index (χ2v) is 7.12. The second kappa shape index (κ2) is 10.7. The minimum absolute atomic E-state index is 0.521. The summed E-state index contributed by atoms with van der Waals surface area (Å²) in [5.74, 6) is 0.675. The van der Waals surface area contributed by atoms with Crippen molar-refractivity contribution in [2.75, 3.05) is 13.1 Å². The molecule has 3 aromatic rings. The summed E-state index contributed by atoms with van der Waals surface area (Å²) in [5, 5.41) is 6.44. The lowest BCUT2D eigenvalue weighted by Crippen LogP contribution is -2.38. The number of alkyl halides is 3. The van der Waals surface area contributed by atoms with Crippen molar-refractivity contribution in [1.29, 1.82) is 0 Å². The van der Waals surface area contributed by atoms with Crippen LogP contribution < -0.4 is 10.6 Å². The van der Waals surface area contributed by atoms with Crippen LogP contribution in [-0.4, -0.2) is 28.6 Å². The topological polar surface area (TPSA) is 54.2 Å². The molecule has 0 spiro atoms. The number of aliphatic imine (C=N–C) groups is 1. The van der Waals surface area contributed by atoms with Crippen LogP contribution in [0.15, 0.2) is 72.2 Å². The van der Waals surface area contributed by atoms with Crippen LogP contribution in [-0.2, 0) is 25.7 Å². The fourth-order valence-corrected chi connectivity index (χ4v) is 3.12. The molecule has 2 N–H and O–H groups in total. The number of imidazole rings is 1. The first-order chi connectivity index (χ1) is 14.9. The average Bonchev–Trinajstić information content (AvgIpc) is 3.25. The van der Waals surface area contributed by atoms with Gasteiger partial charge in [-0.1, -0.05) is 36.4 Å². The molecule has 164 valence electrons. The van der Waals surface area contributed by atoms with Crippen molar-refractivity contribution in [2.24, 2.45) is 4.99 Å². The van der Waals surface area contributed by atoms with Gasteiger partial charge in [0.1, 0.15) is 0 Å². The molecule has 1 aromatic heterocycles. The highest BCUT2D eigenvalue weighted by Gasteiger charge is 2.29. The molecular weight excluding hydrogens is 403 g/mol. The number of nitrogens with zero attached hydrogens (tertiary/aromatic N) is 3. The van der Waals surface area contributed by atoms with Crippen molar-refractivity contribution >= 4 is 5.96 Å². The van der Waals surface area contributed by atoms with E-state index in [0.717, 1.165) is 29.8 Å². The monoisotopic (exact) mass is 429 g/mol.